The van der Waals surface area contributed by atoms with E-state index in [1.165, 1.54) is 25.3 Å². The van der Waals surface area contributed by atoms with Gasteiger partial charge in [-0.05, 0) is 37.3 Å². The van der Waals surface area contributed by atoms with E-state index in [1.807, 2.05) is 0 Å². The van der Waals surface area contributed by atoms with E-state index >= 15 is 0 Å². The molecule has 2 aromatic rings. The number of carbonyl (C=O) groups excluding carboxylic acids is 2. The summed E-state index contributed by atoms with van der Waals surface area (Å²) in [4.78, 5) is 34.3. The number of nitro benzene ring substituents is 1. The second-order valence-corrected chi connectivity index (χ2v) is 4.90. The van der Waals surface area contributed by atoms with Gasteiger partial charge in [0.1, 0.15) is 0 Å². The topological polar surface area (TPSA) is 108 Å². The molecule has 0 fully saturated rings. The molecule has 0 aliphatic rings. The minimum absolute atomic E-state index is 0.0942. The zero-order valence-corrected chi connectivity index (χ0v) is 13.6. The van der Waals surface area contributed by atoms with Crippen LogP contribution < -0.4 is 10.1 Å². The first-order valence-electron chi connectivity index (χ1n) is 7.37. The molecule has 2 rings (SSSR count). The summed E-state index contributed by atoms with van der Waals surface area (Å²) in [6, 6.07) is 10.1. The van der Waals surface area contributed by atoms with Crippen LogP contribution in [-0.4, -0.2) is 30.5 Å². The van der Waals surface area contributed by atoms with Crippen molar-refractivity contribution in [2.45, 2.75) is 6.92 Å². The maximum Gasteiger partial charge on any atom is 0.337 e. The molecular formula is C17H16N2O6. The van der Waals surface area contributed by atoms with Crippen molar-refractivity contribution >= 4 is 23.3 Å². The Bertz CT molecular complexity index is 819. The standard InChI is InChI=1S/C17H16N2O6/c1-3-25-15-8-7-11(10-14(15)19(22)23)16(20)18-13-6-4-5-12(9-13)17(21)24-2/h4-10H,3H2,1-2H3,(H,18,20). The lowest BCUT2D eigenvalue weighted by Crippen LogP contribution is -2.13. The van der Waals surface area contributed by atoms with Gasteiger partial charge in [-0.2, -0.15) is 0 Å². The first-order valence-corrected chi connectivity index (χ1v) is 7.37. The number of hydrogen-bond donors (Lipinski definition) is 1. The molecule has 0 saturated carbocycles. The summed E-state index contributed by atoms with van der Waals surface area (Å²) in [5.41, 5.74) is 0.443. The molecule has 8 nitrogen and oxygen atoms in total. The first kappa shape index (κ1) is 17.9. The third-order valence-corrected chi connectivity index (χ3v) is 3.26. The molecule has 2 aromatic carbocycles. The second kappa shape index (κ2) is 7.91. The van der Waals surface area contributed by atoms with Crippen molar-refractivity contribution in [3.8, 4) is 5.75 Å². The Morgan fingerprint density at radius 3 is 2.56 bits per heavy atom. The SMILES string of the molecule is CCOc1ccc(C(=O)Nc2cccc(C(=O)OC)c2)cc1[N+](=O)[O-]. The van der Waals surface area contributed by atoms with E-state index in [4.69, 9.17) is 4.74 Å². The molecule has 0 radical (unpaired) electrons. The van der Waals surface area contributed by atoms with Crippen molar-refractivity contribution in [1.29, 1.82) is 0 Å². The second-order valence-electron chi connectivity index (χ2n) is 4.90. The molecule has 0 unspecified atom stereocenters. The number of nitrogens with zero attached hydrogens (tertiary/aromatic N) is 1. The van der Waals surface area contributed by atoms with Gasteiger partial charge >= 0.3 is 11.7 Å². The molecule has 8 heteroatoms. The van der Waals surface area contributed by atoms with Gasteiger partial charge in [0.25, 0.3) is 5.91 Å². The highest BCUT2D eigenvalue weighted by molar-refractivity contribution is 6.05. The number of carbonyl (C=O) groups is 2. The van der Waals surface area contributed by atoms with Gasteiger partial charge in [0.15, 0.2) is 5.75 Å². The Morgan fingerprint density at radius 1 is 1.16 bits per heavy atom. The fraction of sp³-hybridized carbons (Fsp3) is 0.176. The van der Waals surface area contributed by atoms with Crippen LogP contribution in [0.25, 0.3) is 0 Å². The van der Waals surface area contributed by atoms with E-state index < -0.39 is 16.8 Å². The Morgan fingerprint density at radius 2 is 1.92 bits per heavy atom. The van der Waals surface area contributed by atoms with Crippen molar-refractivity contribution in [1.82, 2.24) is 0 Å². The van der Waals surface area contributed by atoms with Crippen LogP contribution in [0, 0.1) is 10.1 Å². The van der Waals surface area contributed by atoms with Gasteiger partial charge in [-0.15, -0.1) is 0 Å². The molecule has 0 aliphatic heterocycles. The highest BCUT2D eigenvalue weighted by Crippen LogP contribution is 2.28. The fourth-order valence-corrected chi connectivity index (χ4v) is 2.12. The lowest BCUT2D eigenvalue weighted by molar-refractivity contribution is -0.385. The summed E-state index contributed by atoms with van der Waals surface area (Å²) in [7, 11) is 1.26. The van der Waals surface area contributed by atoms with E-state index in [2.05, 4.69) is 10.1 Å². The summed E-state index contributed by atoms with van der Waals surface area (Å²) in [5.74, 6) is -0.988. The van der Waals surface area contributed by atoms with Crippen LogP contribution in [0.3, 0.4) is 0 Å². The largest absolute Gasteiger partial charge is 0.487 e. The molecule has 0 saturated heterocycles. The average molecular weight is 344 g/mol. The zero-order valence-electron chi connectivity index (χ0n) is 13.6. The van der Waals surface area contributed by atoms with Crippen LogP contribution in [0.4, 0.5) is 11.4 Å². The Labute approximate surface area is 143 Å². The molecule has 0 atom stereocenters. The number of anilines is 1. The monoisotopic (exact) mass is 344 g/mol. The number of esters is 1. The summed E-state index contributed by atoms with van der Waals surface area (Å²) >= 11 is 0. The summed E-state index contributed by atoms with van der Waals surface area (Å²) in [6.45, 7) is 1.98. The predicted octanol–water partition coefficient (Wildman–Crippen LogP) is 3.03. The lowest BCUT2D eigenvalue weighted by atomic mass is 10.1. The van der Waals surface area contributed by atoms with Crippen molar-refractivity contribution < 1.29 is 24.0 Å². The smallest absolute Gasteiger partial charge is 0.337 e. The fourth-order valence-electron chi connectivity index (χ4n) is 2.12. The Hall–Kier alpha value is -3.42. The highest BCUT2D eigenvalue weighted by Gasteiger charge is 2.19. The van der Waals surface area contributed by atoms with Crippen molar-refractivity contribution in [3.63, 3.8) is 0 Å². The summed E-state index contributed by atoms with van der Waals surface area (Å²) in [5, 5.41) is 13.7. The third kappa shape index (κ3) is 4.31. The maximum atomic E-state index is 12.3. The molecule has 1 N–H and O–H groups in total. The maximum absolute atomic E-state index is 12.3. The number of rotatable bonds is 6. The number of methoxy groups -OCH3 is 1. The quantitative estimate of drug-likeness (QED) is 0.490. The van der Waals surface area contributed by atoms with E-state index in [-0.39, 0.29) is 29.2 Å². The first-order chi connectivity index (χ1) is 12.0. The van der Waals surface area contributed by atoms with Gasteiger partial charge < -0.3 is 14.8 Å². The molecule has 0 aliphatic carbocycles. The van der Waals surface area contributed by atoms with Gasteiger partial charge in [-0.25, -0.2) is 4.79 Å². The number of benzene rings is 2. The van der Waals surface area contributed by atoms with Crippen molar-refractivity contribution in [3.05, 3.63) is 63.7 Å². The number of nitrogens with one attached hydrogen (secondary N) is 1. The molecule has 25 heavy (non-hydrogen) atoms. The molecular weight excluding hydrogens is 328 g/mol. The Balaban J connectivity index is 2.25. The third-order valence-electron chi connectivity index (χ3n) is 3.26. The van der Waals surface area contributed by atoms with Gasteiger partial charge in [0.2, 0.25) is 0 Å². The van der Waals surface area contributed by atoms with Crippen LogP contribution in [-0.2, 0) is 4.74 Å². The number of nitro groups is 1. The van der Waals surface area contributed by atoms with E-state index in [0.29, 0.717) is 5.69 Å². The van der Waals surface area contributed by atoms with Crippen molar-refractivity contribution in [2.75, 3.05) is 19.0 Å². The molecule has 0 spiro atoms. The molecule has 1 amide bonds. The molecule has 0 aromatic heterocycles. The predicted molar refractivity (Wildman–Crippen MR) is 90.0 cm³/mol. The van der Waals surface area contributed by atoms with Crippen LogP contribution in [0.5, 0.6) is 5.75 Å². The van der Waals surface area contributed by atoms with Crippen LogP contribution in [0.2, 0.25) is 0 Å². The minimum Gasteiger partial charge on any atom is -0.487 e. The van der Waals surface area contributed by atoms with E-state index in [9.17, 15) is 19.7 Å². The van der Waals surface area contributed by atoms with Crippen LogP contribution >= 0.6 is 0 Å². The van der Waals surface area contributed by atoms with Crippen LogP contribution in [0.15, 0.2) is 42.5 Å². The number of amides is 1. The van der Waals surface area contributed by atoms with Crippen LogP contribution in [0.1, 0.15) is 27.6 Å². The summed E-state index contributed by atoms with van der Waals surface area (Å²) in [6.07, 6.45) is 0. The lowest BCUT2D eigenvalue weighted by Gasteiger charge is -2.08. The average Bonchev–Trinajstić information content (AvgIpc) is 2.61. The van der Waals surface area contributed by atoms with Crippen molar-refractivity contribution in [2.24, 2.45) is 0 Å². The van der Waals surface area contributed by atoms with Gasteiger partial charge in [-0.3, -0.25) is 14.9 Å². The molecule has 130 valence electrons. The highest BCUT2D eigenvalue weighted by atomic mass is 16.6. The van der Waals surface area contributed by atoms with Gasteiger partial charge in [0, 0.05) is 17.3 Å². The molecule has 0 bridgehead atoms. The van der Waals surface area contributed by atoms with Gasteiger partial charge in [-0.1, -0.05) is 6.07 Å². The van der Waals surface area contributed by atoms with Gasteiger partial charge in [0.05, 0.1) is 24.2 Å². The van der Waals surface area contributed by atoms with E-state index in [0.717, 1.165) is 6.07 Å². The minimum atomic E-state index is -0.611. The van der Waals surface area contributed by atoms with E-state index in [1.54, 1.807) is 25.1 Å². The zero-order chi connectivity index (χ0) is 18.4. The normalized spacial score (nSPS) is 10.0. The Kier molecular flexibility index (Phi) is 5.67. The number of ether oxygens (including phenoxy) is 2. The number of hydrogen-bond acceptors (Lipinski definition) is 6. The summed E-state index contributed by atoms with van der Waals surface area (Å²) < 4.78 is 9.80. The molecule has 0 heterocycles.